The molecule has 0 radical (unpaired) electrons. The average Bonchev–Trinajstić information content (AvgIpc) is 2.52. The second-order valence-electron chi connectivity index (χ2n) is 4.95. The van der Waals surface area contributed by atoms with Gasteiger partial charge in [-0.1, -0.05) is 13.0 Å². The molecular weight excluding hydrogens is 264 g/mol. The number of nitrogens with zero attached hydrogens (tertiary/aromatic N) is 3. The summed E-state index contributed by atoms with van der Waals surface area (Å²) in [4.78, 5) is 22.0. The number of carbonyl (C=O) groups excluding carboxylic acids is 1. The second-order valence-corrected chi connectivity index (χ2v) is 4.95. The summed E-state index contributed by atoms with van der Waals surface area (Å²) >= 11 is 0. The molecule has 1 N–H and O–H groups in total. The molecule has 0 spiro atoms. The van der Waals surface area contributed by atoms with Gasteiger partial charge in [0, 0.05) is 26.5 Å². The van der Waals surface area contributed by atoms with Crippen LogP contribution in [-0.4, -0.2) is 34.9 Å². The van der Waals surface area contributed by atoms with E-state index in [2.05, 4.69) is 28.3 Å². The monoisotopic (exact) mass is 284 g/mol. The molecule has 2 rings (SSSR count). The smallest absolute Gasteiger partial charge is 0.254 e. The summed E-state index contributed by atoms with van der Waals surface area (Å²) in [6.45, 7) is 2.73. The molecule has 0 aliphatic heterocycles. The van der Waals surface area contributed by atoms with Crippen LogP contribution >= 0.6 is 0 Å². The van der Waals surface area contributed by atoms with Gasteiger partial charge in [-0.15, -0.1) is 0 Å². The minimum Gasteiger partial charge on any atom is -0.364 e. The highest BCUT2D eigenvalue weighted by Gasteiger charge is 2.08. The standard InChI is InChI=1S/C16H20N4O/c1-4-12-6-5-9-17-14(12)11-19-15-8-7-13(10-18-15)16(21)20(2)3/h5-10H,4,11H2,1-3H3,(H,18,19). The molecule has 0 aliphatic carbocycles. The van der Waals surface area contributed by atoms with Gasteiger partial charge in [-0.05, 0) is 30.2 Å². The lowest BCUT2D eigenvalue weighted by Crippen LogP contribution is -2.21. The third-order valence-electron chi connectivity index (χ3n) is 3.22. The predicted octanol–water partition coefficient (Wildman–Crippen LogP) is 2.35. The van der Waals surface area contributed by atoms with E-state index in [4.69, 9.17) is 0 Å². The van der Waals surface area contributed by atoms with E-state index >= 15 is 0 Å². The first-order valence-corrected chi connectivity index (χ1v) is 6.96. The highest BCUT2D eigenvalue weighted by atomic mass is 16.2. The van der Waals surface area contributed by atoms with E-state index in [-0.39, 0.29) is 5.91 Å². The first-order chi connectivity index (χ1) is 10.1. The first-order valence-electron chi connectivity index (χ1n) is 6.96. The van der Waals surface area contributed by atoms with Gasteiger partial charge in [0.2, 0.25) is 0 Å². The third kappa shape index (κ3) is 3.78. The summed E-state index contributed by atoms with van der Waals surface area (Å²) in [6.07, 6.45) is 4.33. The Morgan fingerprint density at radius 2 is 2.05 bits per heavy atom. The molecule has 0 fully saturated rings. The molecule has 0 saturated heterocycles. The van der Waals surface area contributed by atoms with E-state index in [0.717, 1.165) is 17.9 Å². The van der Waals surface area contributed by atoms with Crippen molar-refractivity contribution >= 4 is 11.7 Å². The number of hydrogen-bond donors (Lipinski definition) is 1. The van der Waals surface area contributed by atoms with Crippen molar-refractivity contribution in [1.82, 2.24) is 14.9 Å². The topological polar surface area (TPSA) is 58.1 Å². The van der Waals surface area contributed by atoms with Gasteiger partial charge in [0.05, 0.1) is 17.8 Å². The number of carbonyl (C=O) groups is 1. The molecule has 0 aliphatic rings. The van der Waals surface area contributed by atoms with Crippen molar-refractivity contribution < 1.29 is 4.79 Å². The Bertz CT molecular complexity index is 608. The summed E-state index contributed by atoms with van der Waals surface area (Å²) in [5.41, 5.74) is 2.83. The van der Waals surface area contributed by atoms with Crippen LogP contribution in [0.2, 0.25) is 0 Å². The number of rotatable bonds is 5. The summed E-state index contributed by atoms with van der Waals surface area (Å²) < 4.78 is 0. The van der Waals surface area contributed by atoms with Gasteiger partial charge < -0.3 is 10.2 Å². The highest BCUT2D eigenvalue weighted by Crippen LogP contribution is 2.11. The van der Waals surface area contributed by atoms with Gasteiger partial charge in [0.1, 0.15) is 5.82 Å². The van der Waals surface area contributed by atoms with E-state index in [9.17, 15) is 4.79 Å². The van der Waals surface area contributed by atoms with Gasteiger partial charge in [-0.3, -0.25) is 9.78 Å². The van der Waals surface area contributed by atoms with Crippen LogP contribution in [0.4, 0.5) is 5.82 Å². The van der Waals surface area contributed by atoms with Gasteiger partial charge >= 0.3 is 0 Å². The summed E-state index contributed by atoms with van der Waals surface area (Å²) in [5, 5.41) is 3.23. The third-order valence-corrected chi connectivity index (χ3v) is 3.22. The second kappa shape index (κ2) is 6.83. The minimum absolute atomic E-state index is 0.0490. The Morgan fingerprint density at radius 3 is 2.67 bits per heavy atom. The van der Waals surface area contributed by atoms with Gasteiger partial charge in [0.15, 0.2) is 0 Å². The Balaban J connectivity index is 2.02. The fourth-order valence-electron chi connectivity index (χ4n) is 2.01. The van der Waals surface area contributed by atoms with Crippen LogP contribution in [0, 0.1) is 0 Å². The molecule has 21 heavy (non-hydrogen) atoms. The molecule has 5 heteroatoms. The molecule has 0 aromatic carbocycles. The van der Waals surface area contributed by atoms with Crippen LogP contribution in [0.15, 0.2) is 36.7 Å². The quantitative estimate of drug-likeness (QED) is 0.915. The number of nitrogens with one attached hydrogen (secondary N) is 1. The van der Waals surface area contributed by atoms with Crippen molar-refractivity contribution in [2.45, 2.75) is 19.9 Å². The maximum atomic E-state index is 11.8. The van der Waals surface area contributed by atoms with Crippen LogP contribution in [0.1, 0.15) is 28.5 Å². The molecule has 0 saturated carbocycles. The summed E-state index contributed by atoms with van der Waals surface area (Å²) in [6, 6.07) is 7.61. The van der Waals surface area contributed by atoms with Crippen LogP contribution in [0.25, 0.3) is 0 Å². The molecule has 0 unspecified atom stereocenters. The normalized spacial score (nSPS) is 10.2. The number of amides is 1. The van der Waals surface area contributed by atoms with E-state index in [0.29, 0.717) is 12.1 Å². The lowest BCUT2D eigenvalue weighted by molar-refractivity contribution is 0.0827. The molecule has 5 nitrogen and oxygen atoms in total. The van der Waals surface area contributed by atoms with Gasteiger partial charge in [-0.2, -0.15) is 0 Å². The largest absolute Gasteiger partial charge is 0.364 e. The lowest BCUT2D eigenvalue weighted by atomic mass is 10.1. The number of aromatic nitrogens is 2. The Morgan fingerprint density at radius 1 is 1.24 bits per heavy atom. The fourth-order valence-corrected chi connectivity index (χ4v) is 2.01. The number of hydrogen-bond acceptors (Lipinski definition) is 4. The Kier molecular flexibility index (Phi) is 4.87. The molecule has 2 aromatic heterocycles. The van der Waals surface area contributed by atoms with Crippen molar-refractivity contribution in [3.63, 3.8) is 0 Å². The fraction of sp³-hybridized carbons (Fsp3) is 0.312. The summed E-state index contributed by atoms with van der Waals surface area (Å²) in [7, 11) is 3.45. The zero-order valence-corrected chi connectivity index (χ0v) is 12.6. The average molecular weight is 284 g/mol. The molecule has 110 valence electrons. The van der Waals surface area contributed by atoms with E-state index in [1.807, 2.05) is 12.1 Å². The number of pyridine rings is 2. The Labute approximate surface area is 125 Å². The van der Waals surface area contributed by atoms with Crippen molar-refractivity contribution in [1.29, 1.82) is 0 Å². The van der Waals surface area contributed by atoms with Crippen molar-refractivity contribution in [3.05, 3.63) is 53.5 Å². The summed E-state index contributed by atoms with van der Waals surface area (Å²) in [5.74, 6) is 0.685. The Hall–Kier alpha value is -2.43. The maximum Gasteiger partial charge on any atom is 0.254 e. The SMILES string of the molecule is CCc1cccnc1CNc1ccc(C(=O)N(C)C)cn1. The van der Waals surface area contributed by atoms with Gasteiger partial charge in [0.25, 0.3) is 5.91 Å². The lowest BCUT2D eigenvalue weighted by Gasteiger charge is -2.11. The number of anilines is 1. The van der Waals surface area contributed by atoms with Crippen LogP contribution in [-0.2, 0) is 13.0 Å². The molecule has 0 atom stereocenters. The van der Waals surface area contributed by atoms with Gasteiger partial charge in [-0.25, -0.2) is 4.98 Å². The van der Waals surface area contributed by atoms with Crippen LogP contribution in [0.3, 0.4) is 0 Å². The molecular formula is C16H20N4O. The van der Waals surface area contributed by atoms with E-state index in [1.54, 1.807) is 32.6 Å². The molecule has 2 heterocycles. The van der Waals surface area contributed by atoms with Crippen molar-refractivity contribution in [2.75, 3.05) is 19.4 Å². The molecule has 1 amide bonds. The van der Waals surface area contributed by atoms with Crippen molar-refractivity contribution in [2.24, 2.45) is 0 Å². The zero-order chi connectivity index (χ0) is 15.2. The number of aryl methyl sites for hydroxylation is 1. The maximum absolute atomic E-state index is 11.8. The minimum atomic E-state index is -0.0490. The highest BCUT2D eigenvalue weighted by molar-refractivity contribution is 5.93. The molecule has 0 bridgehead atoms. The molecule has 2 aromatic rings. The van der Waals surface area contributed by atoms with Crippen LogP contribution in [0.5, 0.6) is 0 Å². The predicted molar refractivity (Wildman–Crippen MR) is 83.2 cm³/mol. The van der Waals surface area contributed by atoms with E-state index < -0.39 is 0 Å². The first kappa shape index (κ1) is 15.0. The van der Waals surface area contributed by atoms with E-state index in [1.165, 1.54) is 10.5 Å². The van der Waals surface area contributed by atoms with Crippen LogP contribution < -0.4 is 5.32 Å². The van der Waals surface area contributed by atoms with Crippen molar-refractivity contribution in [3.8, 4) is 0 Å². The zero-order valence-electron chi connectivity index (χ0n) is 12.6.